The van der Waals surface area contributed by atoms with Crippen LogP contribution < -0.4 is 10.0 Å². The van der Waals surface area contributed by atoms with Crippen molar-refractivity contribution in [1.29, 1.82) is 0 Å². The number of aryl methyl sites for hydroxylation is 1. The van der Waals surface area contributed by atoms with Gasteiger partial charge < -0.3 is 5.32 Å². The highest BCUT2D eigenvalue weighted by atomic mass is 32.2. The second-order valence-corrected chi connectivity index (χ2v) is 5.63. The van der Waals surface area contributed by atoms with Gasteiger partial charge in [-0.1, -0.05) is 18.9 Å². The Balaban J connectivity index is 3.15. The number of sulfonamides is 1. The van der Waals surface area contributed by atoms with Crippen molar-refractivity contribution in [2.75, 3.05) is 13.1 Å². The normalized spacial score (nSPS) is 10.8. The summed E-state index contributed by atoms with van der Waals surface area (Å²) in [6, 6.07) is 4.40. The topological polar surface area (TPSA) is 75.3 Å². The minimum absolute atomic E-state index is 0.0609. The zero-order valence-corrected chi connectivity index (χ0v) is 11.7. The number of hydrogen-bond donors (Lipinski definition) is 2. The third kappa shape index (κ3) is 3.81. The summed E-state index contributed by atoms with van der Waals surface area (Å²) >= 11 is 0. The van der Waals surface area contributed by atoms with Crippen LogP contribution in [0.5, 0.6) is 0 Å². The second kappa shape index (κ2) is 6.36. The smallest absolute Gasteiger partial charge is 0.252 e. The summed E-state index contributed by atoms with van der Waals surface area (Å²) in [7, 11) is -3.57. The average molecular weight is 280 g/mol. The summed E-state index contributed by atoms with van der Waals surface area (Å²) in [6.45, 7) is 3.80. The average Bonchev–Trinajstić information content (AvgIpc) is 2.36. The molecule has 0 bridgehead atoms. The van der Waals surface area contributed by atoms with Crippen molar-refractivity contribution in [2.24, 2.45) is 0 Å². The van der Waals surface area contributed by atoms with Gasteiger partial charge in [-0.15, -0.1) is 6.42 Å². The molecule has 5 nitrogen and oxygen atoms in total. The van der Waals surface area contributed by atoms with Crippen molar-refractivity contribution >= 4 is 15.9 Å². The van der Waals surface area contributed by atoms with E-state index in [-0.39, 0.29) is 23.9 Å². The summed E-state index contributed by atoms with van der Waals surface area (Å²) in [6.07, 6.45) is 5.06. The number of rotatable bonds is 5. The molecule has 6 heteroatoms. The molecule has 1 amide bonds. The van der Waals surface area contributed by atoms with Crippen molar-refractivity contribution in [3.05, 3.63) is 29.3 Å². The first kappa shape index (κ1) is 15.2. The number of benzene rings is 1. The Morgan fingerprint density at radius 3 is 2.68 bits per heavy atom. The maximum atomic E-state index is 11.9. The van der Waals surface area contributed by atoms with Gasteiger partial charge in [-0.25, -0.2) is 13.1 Å². The maximum absolute atomic E-state index is 11.9. The molecule has 0 saturated carbocycles. The van der Waals surface area contributed by atoms with Crippen LogP contribution in [-0.4, -0.2) is 27.4 Å². The molecule has 0 aliphatic carbocycles. The van der Waals surface area contributed by atoms with Gasteiger partial charge in [-0.05, 0) is 24.6 Å². The quantitative estimate of drug-likeness (QED) is 0.778. The molecule has 19 heavy (non-hydrogen) atoms. The molecule has 0 spiro atoms. The van der Waals surface area contributed by atoms with E-state index in [4.69, 9.17) is 6.42 Å². The van der Waals surface area contributed by atoms with E-state index in [1.165, 1.54) is 12.1 Å². The van der Waals surface area contributed by atoms with Crippen LogP contribution in [-0.2, 0) is 10.0 Å². The number of hydrogen-bond acceptors (Lipinski definition) is 3. The summed E-state index contributed by atoms with van der Waals surface area (Å²) in [5.74, 6) is 1.91. The zero-order valence-electron chi connectivity index (χ0n) is 10.9. The fourth-order valence-corrected chi connectivity index (χ4v) is 2.58. The first-order valence-electron chi connectivity index (χ1n) is 5.74. The molecule has 0 heterocycles. The molecule has 1 rings (SSSR count). The Morgan fingerprint density at radius 1 is 1.42 bits per heavy atom. The molecule has 0 fully saturated rings. The lowest BCUT2D eigenvalue weighted by Crippen LogP contribution is -2.26. The SMILES string of the molecule is C#CCNC(=O)c1cc(S(=O)(=O)NCC)ccc1C. The van der Waals surface area contributed by atoms with Crippen LogP contribution in [0.3, 0.4) is 0 Å². The fraction of sp³-hybridized carbons (Fsp3) is 0.308. The zero-order chi connectivity index (χ0) is 14.5. The van der Waals surface area contributed by atoms with Crippen LogP contribution in [0.1, 0.15) is 22.8 Å². The van der Waals surface area contributed by atoms with Gasteiger partial charge in [0.25, 0.3) is 5.91 Å². The molecule has 0 aliphatic rings. The number of terminal acetylenes is 1. The first-order valence-corrected chi connectivity index (χ1v) is 7.22. The highest BCUT2D eigenvalue weighted by Gasteiger charge is 2.16. The van der Waals surface area contributed by atoms with Gasteiger partial charge in [0.2, 0.25) is 10.0 Å². The lowest BCUT2D eigenvalue weighted by molar-refractivity contribution is 0.0958. The number of carbonyl (C=O) groups excluding carboxylic acids is 1. The molecule has 1 aromatic carbocycles. The fourth-order valence-electron chi connectivity index (χ4n) is 1.51. The Morgan fingerprint density at radius 2 is 2.11 bits per heavy atom. The van der Waals surface area contributed by atoms with Gasteiger partial charge in [0, 0.05) is 12.1 Å². The number of amides is 1. The Hall–Kier alpha value is -1.84. The molecule has 0 aromatic heterocycles. The molecule has 0 radical (unpaired) electrons. The first-order chi connectivity index (χ1) is 8.92. The maximum Gasteiger partial charge on any atom is 0.252 e. The second-order valence-electron chi connectivity index (χ2n) is 3.86. The molecular weight excluding hydrogens is 264 g/mol. The van der Waals surface area contributed by atoms with Crippen LogP contribution in [0, 0.1) is 19.3 Å². The number of nitrogens with one attached hydrogen (secondary N) is 2. The molecular formula is C13H16N2O3S. The van der Waals surface area contributed by atoms with Crippen LogP contribution in [0.25, 0.3) is 0 Å². The minimum Gasteiger partial charge on any atom is -0.341 e. The van der Waals surface area contributed by atoms with E-state index in [1.807, 2.05) is 0 Å². The third-order valence-electron chi connectivity index (χ3n) is 2.45. The summed E-state index contributed by atoms with van der Waals surface area (Å²) in [5.41, 5.74) is 0.985. The molecule has 102 valence electrons. The van der Waals surface area contributed by atoms with Crippen molar-refractivity contribution in [1.82, 2.24) is 10.0 Å². The van der Waals surface area contributed by atoms with Crippen LogP contribution >= 0.6 is 0 Å². The van der Waals surface area contributed by atoms with E-state index in [0.29, 0.717) is 11.1 Å². The molecule has 0 saturated heterocycles. The largest absolute Gasteiger partial charge is 0.341 e. The van der Waals surface area contributed by atoms with Crippen LogP contribution in [0.2, 0.25) is 0 Å². The van der Waals surface area contributed by atoms with Gasteiger partial charge in [-0.3, -0.25) is 4.79 Å². The third-order valence-corrected chi connectivity index (χ3v) is 3.99. The lowest BCUT2D eigenvalue weighted by atomic mass is 10.1. The van der Waals surface area contributed by atoms with Crippen molar-refractivity contribution in [2.45, 2.75) is 18.7 Å². The van der Waals surface area contributed by atoms with Gasteiger partial charge >= 0.3 is 0 Å². The van der Waals surface area contributed by atoms with Crippen LogP contribution in [0.15, 0.2) is 23.1 Å². The van der Waals surface area contributed by atoms with E-state index in [9.17, 15) is 13.2 Å². The summed E-state index contributed by atoms with van der Waals surface area (Å²) in [4.78, 5) is 11.9. The van der Waals surface area contributed by atoms with Gasteiger partial charge in [0.1, 0.15) is 0 Å². The summed E-state index contributed by atoms with van der Waals surface area (Å²) in [5, 5.41) is 2.51. The van der Waals surface area contributed by atoms with Gasteiger partial charge in [0.05, 0.1) is 11.4 Å². The Kier molecular flexibility index (Phi) is 5.10. The molecule has 2 N–H and O–H groups in total. The van der Waals surface area contributed by atoms with E-state index < -0.39 is 10.0 Å². The lowest BCUT2D eigenvalue weighted by Gasteiger charge is -2.09. The van der Waals surface area contributed by atoms with E-state index in [1.54, 1.807) is 19.9 Å². The molecule has 1 aromatic rings. The Labute approximate surface area is 113 Å². The molecule has 0 unspecified atom stereocenters. The van der Waals surface area contributed by atoms with E-state index in [2.05, 4.69) is 16.0 Å². The molecule has 0 atom stereocenters. The van der Waals surface area contributed by atoms with E-state index in [0.717, 1.165) is 0 Å². The van der Waals surface area contributed by atoms with Crippen molar-refractivity contribution < 1.29 is 13.2 Å². The summed E-state index contributed by atoms with van der Waals surface area (Å²) < 4.78 is 26.1. The van der Waals surface area contributed by atoms with Crippen molar-refractivity contribution in [3.8, 4) is 12.3 Å². The van der Waals surface area contributed by atoms with Crippen molar-refractivity contribution in [3.63, 3.8) is 0 Å². The highest BCUT2D eigenvalue weighted by Crippen LogP contribution is 2.15. The van der Waals surface area contributed by atoms with Gasteiger partial charge in [0.15, 0.2) is 0 Å². The van der Waals surface area contributed by atoms with E-state index >= 15 is 0 Å². The van der Waals surface area contributed by atoms with Crippen LogP contribution in [0.4, 0.5) is 0 Å². The number of carbonyl (C=O) groups is 1. The Bertz CT molecular complexity index is 615. The highest BCUT2D eigenvalue weighted by molar-refractivity contribution is 7.89. The molecule has 0 aliphatic heterocycles. The predicted octanol–water partition coefficient (Wildman–Crippen LogP) is 0.656. The monoisotopic (exact) mass is 280 g/mol. The standard InChI is InChI=1S/C13H16N2O3S/c1-4-8-14-13(16)12-9-11(7-6-10(12)3)19(17,18)15-5-2/h1,6-7,9,15H,5,8H2,2-3H3,(H,14,16). The minimum atomic E-state index is -3.57. The predicted molar refractivity (Wildman–Crippen MR) is 73.2 cm³/mol. The van der Waals surface area contributed by atoms with Gasteiger partial charge in [-0.2, -0.15) is 0 Å².